The van der Waals surface area contributed by atoms with Gasteiger partial charge in [-0.15, -0.1) is 17.9 Å². The number of carboxylic acid groups (broad SMARTS) is 7. The van der Waals surface area contributed by atoms with Gasteiger partial charge in [-0.05, 0) is 49.7 Å². The van der Waals surface area contributed by atoms with Gasteiger partial charge < -0.3 is 61.3 Å². The number of aryl methyl sites for hydroxylation is 1. The zero-order valence-electron chi connectivity index (χ0n) is 45.8. The number of morpholine rings is 1. The van der Waals surface area contributed by atoms with Gasteiger partial charge >= 0.3 is 53.7 Å². The molecule has 5 fully saturated rings. The quantitative estimate of drug-likeness (QED) is 0.0328. The number of carboxylic acids is 7. The molecule has 1 aromatic carbocycles. The van der Waals surface area contributed by atoms with Crippen LogP contribution in [0.3, 0.4) is 0 Å². The standard InChI is InChI=1S/C53H75N11O17/c65-43(54-18-8-7-9-39(49(76)77)55-52(80)56-40(50(78)79)16-17-44(66)67)11-6-4-2-1-3-5-10-41-57-42(59-51(58-41)60-19-27-81-28-20-60)30-37-14-12-36(13-15-37)29-38-31-63(34-47(72)73)24-23-61(32-45(68)69)21-22-62(33-46(70)71)25-26-64(38,35-48(74)75)53(61,62)63/h12-15,38-40H,1-11,16-35H2,(H6-4,54,55,56,65,66,67,68,69,70,71,72,73,74,75,76,77,78,79,80)/p+4/t38?,39-,40-,53?,61?,62-,63+,64+/m0/s1. The number of aromatic nitrogens is 3. The number of urea groups is 1. The predicted molar refractivity (Wildman–Crippen MR) is 282 cm³/mol. The molecule has 444 valence electrons. The van der Waals surface area contributed by atoms with Gasteiger partial charge in [0.25, 0.3) is 0 Å². The minimum absolute atomic E-state index is 0.0257. The van der Waals surface area contributed by atoms with Crippen LogP contribution in [0.4, 0.5) is 10.7 Å². The Morgan fingerprint density at radius 3 is 1.70 bits per heavy atom. The second-order valence-electron chi connectivity index (χ2n) is 22.5. The highest BCUT2D eigenvalue weighted by Gasteiger charge is 3.01. The zero-order valence-corrected chi connectivity index (χ0v) is 45.8. The van der Waals surface area contributed by atoms with Gasteiger partial charge in [0.15, 0.2) is 32.2 Å². The molecule has 28 heteroatoms. The van der Waals surface area contributed by atoms with Gasteiger partial charge in [-0.2, -0.15) is 9.97 Å². The lowest BCUT2D eigenvalue weighted by atomic mass is 10.0. The summed E-state index contributed by atoms with van der Waals surface area (Å²) in [6, 6.07) is 3.60. The molecule has 81 heavy (non-hydrogen) atoms. The summed E-state index contributed by atoms with van der Waals surface area (Å²) in [6.07, 6.45) is 6.85. The summed E-state index contributed by atoms with van der Waals surface area (Å²) in [5.74, 6) is -8.03. The van der Waals surface area contributed by atoms with Crippen LogP contribution in [-0.2, 0) is 62.4 Å². The Bertz CT molecular complexity index is 2630. The van der Waals surface area contributed by atoms with Crippen LogP contribution < -0.4 is 20.9 Å². The molecule has 6 heterocycles. The molecular weight excluding hydrogens is 1060 g/mol. The third kappa shape index (κ3) is 13.8. The number of aliphatic carboxylic acids is 7. The summed E-state index contributed by atoms with van der Waals surface area (Å²) in [5, 5.41) is 76.6. The van der Waals surface area contributed by atoms with E-state index in [1.165, 1.54) is 0 Å². The fourth-order valence-corrected chi connectivity index (χ4v) is 14.4. The van der Waals surface area contributed by atoms with Gasteiger partial charge in [-0.3, -0.25) is 9.59 Å². The third-order valence-corrected chi connectivity index (χ3v) is 17.4. The van der Waals surface area contributed by atoms with E-state index < -0.39 is 84.8 Å². The number of anilines is 1. The van der Waals surface area contributed by atoms with Crippen molar-refractivity contribution in [3.05, 3.63) is 47.0 Å². The molecule has 8 atom stereocenters. The number of carbonyl (C=O) groups is 9. The van der Waals surface area contributed by atoms with E-state index in [2.05, 4.69) is 20.9 Å². The fraction of sp³-hybridized carbons (Fsp3) is 0.660. The monoisotopic (exact) mass is 1140 g/mol. The first-order chi connectivity index (χ1) is 38.6. The van der Waals surface area contributed by atoms with E-state index in [-0.39, 0.29) is 69.4 Å². The van der Waals surface area contributed by atoms with Crippen molar-refractivity contribution in [2.45, 2.75) is 120 Å². The molecule has 10 N–H and O–H groups in total. The van der Waals surface area contributed by atoms with Crippen molar-refractivity contribution in [2.24, 2.45) is 0 Å². The minimum atomic E-state index is -1.50. The van der Waals surface area contributed by atoms with Crippen molar-refractivity contribution in [3.63, 3.8) is 0 Å². The van der Waals surface area contributed by atoms with E-state index in [0.29, 0.717) is 128 Å². The van der Waals surface area contributed by atoms with E-state index in [1.54, 1.807) is 0 Å². The molecule has 0 radical (unpaired) electrons. The lowest BCUT2D eigenvalue weighted by molar-refractivity contribution is -1.36. The molecule has 5 saturated heterocycles. The number of carbonyl (C=O) groups excluding carboxylic acids is 2. The molecule has 3 unspecified atom stereocenters. The predicted octanol–water partition coefficient (Wildman–Crippen LogP) is 0.111. The fourth-order valence-electron chi connectivity index (χ4n) is 14.4. The molecule has 1 aromatic heterocycles. The molecule has 28 nitrogen and oxygen atoms in total. The highest BCUT2D eigenvalue weighted by molar-refractivity contribution is 5.86. The van der Waals surface area contributed by atoms with Crippen molar-refractivity contribution in [2.75, 3.05) is 110 Å². The summed E-state index contributed by atoms with van der Waals surface area (Å²) in [6.45, 7) is 3.22. The Balaban J connectivity index is 0.901. The Hall–Kier alpha value is -7.14. The number of rotatable bonds is 34. The third-order valence-electron chi connectivity index (χ3n) is 17.4. The van der Waals surface area contributed by atoms with E-state index >= 15 is 0 Å². The normalized spacial score (nSPS) is 26.0. The van der Waals surface area contributed by atoms with Gasteiger partial charge in [-0.1, -0.05) is 49.9 Å². The maximum atomic E-state index is 13.1. The summed E-state index contributed by atoms with van der Waals surface area (Å²) in [5.41, 5.74) is 1.81. The van der Waals surface area contributed by atoms with E-state index in [4.69, 9.17) is 24.8 Å². The summed E-state index contributed by atoms with van der Waals surface area (Å²) < 4.78 is 5.32. The molecule has 0 saturated carbocycles. The minimum Gasteiger partial charge on any atom is -0.481 e. The molecule has 5 aliphatic heterocycles. The average molecular weight is 1140 g/mol. The van der Waals surface area contributed by atoms with E-state index in [1.807, 2.05) is 24.3 Å². The first kappa shape index (κ1) is 61.5. The molecular formula is C53H79N11O17+4. The summed E-state index contributed by atoms with van der Waals surface area (Å²) in [7, 11) is 0. The van der Waals surface area contributed by atoms with Crippen LogP contribution in [0.1, 0.15) is 99.8 Å². The van der Waals surface area contributed by atoms with Crippen LogP contribution in [0.25, 0.3) is 0 Å². The van der Waals surface area contributed by atoms with Crippen LogP contribution in [0, 0.1) is 0 Å². The molecule has 5 aliphatic rings. The van der Waals surface area contributed by atoms with Gasteiger partial charge in [0.05, 0.1) is 13.2 Å². The largest absolute Gasteiger partial charge is 0.483 e. The van der Waals surface area contributed by atoms with Gasteiger partial charge in [0, 0.05) is 51.7 Å². The van der Waals surface area contributed by atoms with Crippen molar-refractivity contribution < 1.29 is 102 Å². The van der Waals surface area contributed by atoms with Crippen LogP contribution in [0.2, 0.25) is 0 Å². The number of hydrogen-bond donors (Lipinski definition) is 10. The van der Waals surface area contributed by atoms with Gasteiger partial charge in [-0.25, -0.2) is 38.5 Å². The lowest BCUT2D eigenvalue weighted by Gasteiger charge is -2.50. The van der Waals surface area contributed by atoms with Crippen LogP contribution in [-0.4, -0.2) is 251 Å². The summed E-state index contributed by atoms with van der Waals surface area (Å²) >= 11 is 0. The number of hydrogen-bond acceptors (Lipinski definition) is 14. The second kappa shape index (κ2) is 26.6. The zero-order chi connectivity index (χ0) is 58.6. The Kier molecular flexibility index (Phi) is 20.2. The number of nitrogens with one attached hydrogen (secondary N) is 3. The Morgan fingerprint density at radius 2 is 1.11 bits per heavy atom. The molecule has 0 aliphatic carbocycles. The molecule has 7 rings (SSSR count). The van der Waals surface area contributed by atoms with E-state index in [9.17, 15) is 73.8 Å². The number of unbranched alkanes of at least 4 members (excludes halogenated alkanes) is 6. The van der Waals surface area contributed by atoms with Crippen LogP contribution in [0.15, 0.2) is 24.3 Å². The first-order valence-corrected chi connectivity index (χ1v) is 28.1. The first-order valence-electron chi connectivity index (χ1n) is 28.1. The van der Waals surface area contributed by atoms with Crippen LogP contribution >= 0.6 is 0 Å². The maximum Gasteiger partial charge on any atom is 0.483 e. The molecule has 2 aromatic rings. The van der Waals surface area contributed by atoms with Crippen molar-refractivity contribution >= 4 is 59.7 Å². The SMILES string of the molecule is O=C(O)CC[C@H](NC(=O)N[C@@H](CCCCNC(=O)CCCCCCCCc1nc(Cc2ccc(CC3C[N@@+]4(CC(=O)O)CC[N+]5(CC(=O)O)CC[N@@+]6(CC(=O)O)CC[N@+]3(CC(=O)O)C564)cc2)nc(N2CCOCC2)n1)C(=O)O)C(=O)O. The molecule has 1 spiro atoms. The van der Waals surface area contributed by atoms with Crippen molar-refractivity contribution in [1.82, 2.24) is 30.9 Å². The van der Waals surface area contributed by atoms with E-state index in [0.717, 1.165) is 43.2 Å². The van der Waals surface area contributed by atoms with Gasteiger partial charge in [0.2, 0.25) is 11.9 Å². The van der Waals surface area contributed by atoms with Crippen LogP contribution in [0.5, 0.6) is 0 Å². The van der Waals surface area contributed by atoms with Gasteiger partial charge in [0.1, 0.15) is 69.5 Å². The highest BCUT2D eigenvalue weighted by atomic mass is 16.5. The number of ether oxygens (including phenoxy) is 1. The lowest BCUT2D eigenvalue weighted by Crippen LogP contribution is -2.86. The maximum absolute atomic E-state index is 13.1. The van der Waals surface area contributed by atoms with Crippen molar-refractivity contribution in [3.8, 4) is 0 Å². The molecule has 3 amide bonds. The second-order valence-corrected chi connectivity index (χ2v) is 22.5. The smallest absolute Gasteiger partial charge is 0.481 e. The number of nitrogens with zero attached hydrogens (tertiary/aromatic N) is 8. The topological polar surface area (TPSA) is 382 Å². The Morgan fingerprint density at radius 1 is 0.580 bits per heavy atom. The van der Waals surface area contributed by atoms with Crippen molar-refractivity contribution in [1.29, 1.82) is 0 Å². The highest BCUT2D eigenvalue weighted by Crippen LogP contribution is 2.64. The number of quaternary nitrogens is 4. The number of amides is 3. The summed E-state index contributed by atoms with van der Waals surface area (Å²) in [4.78, 5) is 127. The average Bonchev–Trinajstić information content (AvgIpc) is 2.40. The Labute approximate surface area is 468 Å². The molecule has 0 bridgehead atoms. The number of benzene rings is 1.